The van der Waals surface area contributed by atoms with Crippen LogP contribution >= 0.6 is 23.1 Å². The Labute approximate surface area is 147 Å². The predicted octanol–water partition coefficient (Wildman–Crippen LogP) is 1.59. The van der Waals surface area contributed by atoms with Crippen LogP contribution in [0.1, 0.15) is 5.56 Å². The maximum atomic E-state index is 11.9. The van der Waals surface area contributed by atoms with Crippen molar-refractivity contribution in [1.82, 2.24) is 15.5 Å². The van der Waals surface area contributed by atoms with E-state index in [1.54, 1.807) is 7.11 Å². The van der Waals surface area contributed by atoms with Crippen molar-refractivity contribution in [2.45, 2.75) is 10.8 Å². The molecule has 1 aromatic heterocycles. The summed E-state index contributed by atoms with van der Waals surface area (Å²) in [7, 11) is 1.64. The van der Waals surface area contributed by atoms with Crippen molar-refractivity contribution in [3.8, 4) is 11.5 Å². The van der Waals surface area contributed by atoms with Gasteiger partial charge in [-0.15, -0.1) is 10.2 Å². The second-order valence-corrected chi connectivity index (χ2v) is 7.59. The fourth-order valence-electron chi connectivity index (χ4n) is 2.39. The van der Waals surface area contributed by atoms with Crippen molar-refractivity contribution in [1.29, 1.82) is 0 Å². The largest absolute Gasteiger partial charge is 0.497 e. The topological polar surface area (TPSA) is 99.4 Å². The Bertz CT molecular complexity index is 722. The zero-order valence-electron chi connectivity index (χ0n) is 13.2. The molecule has 0 aliphatic carbocycles. The number of nitrogens with two attached hydrogens (primary N) is 1. The van der Waals surface area contributed by atoms with Crippen LogP contribution in [-0.4, -0.2) is 42.1 Å². The lowest BCUT2D eigenvalue weighted by molar-refractivity contribution is -0.118. The van der Waals surface area contributed by atoms with Crippen molar-refractivity contribution in [3.05, 3.63) is 23.8 Å². The van der Waals surface area contributed by atoms with Gasteiger partial charge in [-0.2, -0.15) is 0 Å². The van der Waals surface area contributed by atoms with E-state index in [9.17, 15) is 4.79 Å². The van der Waals surface area contributed by atoms with Crippen LogP contribution in [0.15, 0.2) is 22.5 Å². The molecule has 0 radical (unpaired) electrons. The zero-order valence-corrected chi connectivity index (χ0v) is 14.8. The Morgan fingerprint density at radius 3 is 3.17 bits per heavy atom. The number of rotatable bonds is 6. The van der Waals surface area contributed by atoms with Crippen molar-refractivity contribution < 1.29 is 14.3 Å². The van der Waals surface area contributed by atoms with E-state index < -0.39 is 0 Å². The molecule has 2 heterocycles. The molecule has 128 valence electrons. The highest BCUT2D eigenvalue weighted by Gasteiger charge is 2.21. The number of anilines is 1. The summed E-state index contributed by atoms with van der Waals surface area (Å²) < 4.78 is 11.7. The first kappa shape index (κ1) is 16.8. The Kier molecular flexibility index (Phi) is 5.41. The summed E-state index contributed by atoms with van der Waals surface area (Å²) in [5.74, 6) is 2.18. The molecule has 2 aromatic rings. The predicted molar refractivity (Wildman–Crippen MR) is 93.7 cm³/mol. The summed E-state index contributed by atoms with van der Waals surface area (Å²) in [5, 5.41) is 10.9. The highest BCUT2D eigenvalue weighted by Crippen LogP contribution is 2.30. The van der Waals surface area contributed by atoms with E-state index in [1.807, 2.05) is 18.2 Å². The van der Waals surface area contributed by atoms with E-state index in [-0.39, 0.29) is 11.8 Å². The Morgan fingerprint density at radius 2 is 2.42 bits per heavy atom. The first-order chi connectivity index (χ1) is 11.6. The molecule has 1 aromatic carbocycles. The number of ether oxygens (including phenoxy) is 2. The fraction of sp³-hybridized carbons (Fsp3) is 0.400. The first-order valence-electron chi connectivity index (χ1n) is 7.42. The minimum atomic E-state index is -0.0331. The molecular weight excluding hydrogens is 348 g/mol. The molecule has 9 heteroatoms. The molecule has 0 saturated carbocycles. The lowest BCUT2D eigenvalue weighted by atomic mass is 9.96. The summed E-state index contributed by atoms with van der Waals surface area (Å²) >= 11 is 2.62. The number of nitrogens with one attached hydrogen (secondary N) is 1. The van der Waals surface area contributed by atoms with Gasteiger partial charge in [0.1, 0.15) is 11.5 Å². The highest BCUT2D eigenvalue weighted by atomic mass is 32.2. The number of amides is 1. The molecule has 1 amide bonds. The van der Waals surface area contributed by atoms with Crippen molar-refractivity contribution in [2.24, 2.45) is 5.92 Å². The van der Waals surface area contributed by atoms with E-state index in [2.05, 4.69) is 15.5 Å². The molecule has 0 fully saturated rings. The Morgan fingerprint density at radius 1 is 1.54 bits per heavy atom. The summed E-state index contributed by atoms with van der Waals surface area (Å²) in [5.41, 5.74) is 6.65. The molecular formula is C15H18N4O3S2. The molecule has 1 aliphatic heterocycles. The van der Waals surface area contributed by atoms with Crippen LogP contribution in [0.4, 0.5) is 5.13 Å². The third-order valence-electron chi connectivity index (χ3n) is 3.59. The number of thioether (sulfide) groups is 1. The van der Waals surface area contributed by atoms with Gasteiger partial charge in [0.2, 0.25) is 11.0 Å². The monoisotopic (exact) mass is 366 g/mol. The van der Waals surface area contributed by atoms with Crippen molar-refractivity contribution in [3.63, 3.8) is 0 Å². The third kappa shape index (κ3) is 4.30. The minimum absolute atomic E-state index is 0.0331. The number of benzene rings is 1. The van der Waals surface area contributed by atoms with E-state index in [0.29, 0.717) is 28.4 Å². The fourth-order valence-corrected chi connectivity index (χ4v) is 3.85. The second kappa shape index (κ2) is 7.71. The van der Waals surface area contributed by atoms with Crippen LogP contribution in [0.2, 0.25) is 0 Å². The van der Waals surface area contributed by atoms with E-state index in [0.717, 1.165) is 23.5 Å². The number of nitrogen functional groups attached to an aromatic ring is 1. The summed E-state index contributed by atoms with van der Waals surface area (Å²) in [4.78, 5) is 11.9. The smallest absolute Gasteiger partial charge is 0.230 e. The maximum absolute atomic E-state index is 11.9. The van der Waals surface area contributed by atoms with Gasteiger partial charge in [0.15, 0.2) is 4.34 Å². The van der Waals surface area contributed by atoms with Crippen LogP contribution in [0.3, 0.4) is 0 Å². The van der Waals surface area contributed by atoms with Gasteiger partial charge in [-0.25, -0.2) is 0 Å². The van der Waals surface area contributed by atoms with E-state index in [1.165, 1.54) is 23.1 Å². The molecule has 24 heavy (non-hydrogen) atoms. The number of aromatic nitrogens is 2. The van der Waals surface area contributed by atoms with E-state index in [4.69, 9.17) is 15.2 Å². The molecule has 0 bridgehead atoms. The van der Waals surface area contributed by atoms with Gasteiger partial charge < -0.3 is 20.5 Å². The average Bonchev–Trinajstić information content (AvgIpc) is 3.02. The normalized spacial score (nSPS) is 16.1. The van der Waals surface area contributed by atoms with Gasteiger partial charge in [-0.05, 0) is 18.1 Å². The van der Waals surface area contributed by atoms with Gasteiger partial charge in [0, 0.05) is 18.5 Å². The minimum Gasteiger partial charge on any atom is -0.497 e. The van der Waals surface area contributed by atoms with Crippen LogP contribution in [0.5, 0.6) is 11.5 Å². The van der Waals surface area contributed by atoms with Gasteiger partial charge in [0.05, 0.1) is 19.5 Å². The molecule has 0 unspecified atom stereocenters. The Hall–Kier alpha value is -2.00. The number of carbonyl (C=O) groups excluding carboxylic acids is 1. The highest BCUT2D eigenvalue weighted by molar-refractivity contribution is 8.01. The summed E-state index contributed by atoms with van der Waals surface area (Å²) in [6.45, 7) is 1.17. The van der Waals surface area contributed by atoms with Crippen LogP contribution in [0.25, 0.3) is 0 Å². The quantitative estimate of drug-likeness (QED) is 0.749. The molecule has 0 saturated heterocycles. The van der Waals surface area contributed by atoms with Gasteiger partial charge in [-0.3, -0.25) is 4.79 Å². The zero-order chi connectivity index (χ0) is 16.9. The van der Waals surface area contributed by atoms with Gasteiger partial charge in [-0.1, -0.05) is 29.2 Å². The molecule has 1 atom stereocenters. The number of methoxy groups -OCH3 is 1. The van der Waals surface area contributed by atoms with Crippen LogP contribution < -0.4 is 20.5 Å². The van der Waals surface area contributed by atoms with Gasteiger partial charge >= 0.3 is 0 Å². The molecule has 1 aliphatic rings. The van der Waals surface area contributed by atoms with Crippen LogP contribution in [-0.2, 0) is 11.2 Å². The summed E-state index contributed by atoms with van der Waals surface area (Å²) in [6, 6.07) is 5.83. The number of carbonyl (C=O) groups is 1. The van der Waals surface area contributed by atoms with E-state index >= 15 is 0 Å². The average molecular weight is 366 g/mol. The second-order valence-electron chi connectivity index (χ2n) is 5.35. The Balaban J connectivity index is 1.44. The maximum Gasteiger partial charge on any atom is 0.230 e. The molecule has 7 nitrogen and oxygen atoms in total. The standard InChI is InChI=1S/C15H18N4O3S2/c1-21-11-3-2-10-4-9(7-22-12(10)5-11)6-17-13(20)8-23-15-19-18-14(16)24-15/h2-3,5,9H,4,6-8H2,1H3,(H2,16,18)(H,17,20)/t9-/m1/s1. The van der Waals surface area contributed by atoms with Crippen molar-refractivity contribution >= 4 is 34.1 Å². The lowest BCUT2D eigenvalue weighted by Crippen LogP contribution is -2.35. The first-order valence-corrected chi connectivity index (χ1v) is 9.22. The number of fused-ring (bicyclic) bond motifs is 1. The summed E-state index contributed by atoms with van der Waals surface area (Å²) in [6.07, 6.45) is 0.875. The van der Waals surface area contributed by atoms with Gasteiger partial charge in [0.25, 0.3) is 0 Å². The molecule has 0 spiro atoms. The number of nitrogens with zero attached hydrogens (tertiary/aromatic N) is 2. The van der Waals surface area contributed by atoms with Crippen LogP contribution in [0, 0.1) is 5.92 Å². The third-order valence-corrected chi connectivity index (χ3v) is 5.48. The number of hydrogen-bond acceptors (Lipinski definition) is 8. The molecule has 3 rings (SSSR count). The SMILES string of the molecule is COc1ccc2c(c1)OC[C@@H](CNC(=O)CSc1nnc(N)s1)C2. The van der Waals surface area contributed by atoms with Crippen molar-refractivity contribution in [2.75, 3.05) is 31.7 Å². The molecule has 3 N–H and O–H groups in total. The lowest BCUT2D eigenvalue weighted by Gasteiger charge is -2.25. The number of hydrogen-bond donors (Lipinski definition) is 2.